The second kappa shape index (κ2) is 4.22. The molecule has 3 heteroatoms. The van der Waals surface area contributed by atoms with E-state index in [0.717, 1.165) is 10.9 Å². The molecule has 2 aromatic rings. The summed E-state index contributed by atoms with van der Waals surface area (Å²) >= 11 is 0. The number of aryl methyl sites for hydroxylation is 2. The maximum atomic E-state index is 13.1. The van der Waals surface area contributed by atoms with E-state index in [1.807, 2.05) is 13.8 Å². The second-order valence-corrected chi connectivity index (χ2v) is 2.93. The number of halogens is 1. The van der Waals surface area contributed by atoms with Crippen LogP contribution in [0.5, 0.6) is 0 Å². The SMILES string of the molecule is CC.Cc1cc2cnn(C)c2cc1F. The molecule has 76 valence electrons. The monoisotopic (exact) mass is 194 g/mol. The van der Waals surface area contributed by atoms with Gasteiger partial charge in [0.25, 0.3) is 0 Å². The maximum Gasteiger partial charge on any atom is 0.128 e. The molecule has 0 amide bonds. The van der Waals surface area contributed by atoms with Gasteiger partial charge in [-0.3, -0.25) is 4.68 Å². The highest BCUT2D eigenvalue weighted by Gasteiger charge is 2.03. The van der Waals surface area contributed by atoms with Gasteiger partial charge < -0.3 is 0 Å². The lowest BCUT2D eigenvalue weighted by Crippen LogP contribution is -1.90. The average molecular weight is 194 g/mol. The molecule has 0 aliphatic heterocycles. The lowest BCUT2D eigenvalue weighted by molar-refractivity contribution is 0.619. The van der Waals surface area contributed by atoms with Crippen molar-refractivity contribution < 1.29 is 4.39 Å². The van der Waals surface area contributed by atoms with Crippen molar-refractivity contribution in [2.45, 2.75) is 20.8 Å². The van der Waals surface area contributed by atoms with Gasteiger partial charge in [0, 0.05) is 18.5 Å². The van der Waals surface area contributed by atoms with Crippen LogP contribution in [0.2, 0.25) is 0 Å². The fourth-order valence-corrected chi connectivity index (χ4v) is 1.29. The van der Waals surface area contributed by atoms with E-state index in [0.29, 0.717) is 5.56 Å². The van der Waals surface area contributed by atoms with E-state index in [4.69, 9.17) is 0 Å². The second-order valence-electron chi connectivity index (χ2n) is 2.93. The number of fused-ring (bicyclic) bond motifs is 1. The van der Waals surface area contributed by atoms with Crippen molar-refractivity contribution in [3.05, 3.63) is 29.7 Å². The van der Waals surface area contributed by atoms with E-state index in [1.165, 1.54) is 6.07 Å². The van der Waals surface area contributed by atoms with Gasteiger partial charge in [-0.1, -0.05) is 13.8 Å². The van der Waals surface area contributed by atoms with E-state index in [1.54, 1.807) is 30.9 Å². The van der Waals surface area contributed by atoms with Crippen LogP contribution in [0, 0.1) is 12.7 Å². The highest BCUT2D eigenvalue weighted by Crippen LogP contribution is 2.17. The Labute approximate surface area is 83.4 Å². The number of aromatic nitrogens is 2. The van der Waals surface area contributed by atoms with E-state index in [-0.39, 0.29) is 5.82 Å². The van der Waals surface area contributed by atoms with Crippen LogP contribution in [0.1, 0.15) is 19.4 Å². The van der Waals surface area contributed by atoms with Crippen LogP contribution < -0.4 is 0 Å². The summed E-state index contributed by atoms with van der Waals surface area (Å²) in [5.74, 6) is -0.175. The van der Waals surface area contributed by atoms with E-state index in [2.05, 4.69) is 5.10 Å². The summed E-state index contributed by atoms with van der Waals surface area (Å²) in [7, 11) is 1.80. The van der Waals surface area contributed by atoms with E-state index in [9.17, 15) is 4.39 Å². The topological polar surface area (TPSA) is 17.8 Å². The Morgan fingerprint density at radius 2 is 1.93 bits per heavy atom. The lowest BCUT2D eigenvalue weighted by atomic mass is 10.2. The molecule has 0 saturated carbocycles. The minimum atomic E-state index is -0.175. The van der Waals surface area contributed by atoms with Crippen LogP contribution in [-0.2, 0) is 7.05 Å². The summed E-state index contributed by atoms with van der Waals surface area (Å²) in [5, 5.41) is 5.01. The summed E-state index contributed by atoms with van der Waals surface area (Å²) in [6, 6.07) is 3.31. The predicted octanol–water partition coefficient (Wildman–Crippen LogP) is 3.05. The molecule has 0 N–H and O–H groups in total. The first-order valence-corrected chi connectivity index (χ1v) is 4.76. The third kappa shape index (κ3) is 1.76. The summed E-state index contributed by atoms with van der Waals surface area (Å²) in [6.07, 6.45) is 1.74. The Bertz CT molecular complexity index is 432. The molecule has 0 atom stereocenters. The van der Waals surface area contributed by atoms with Gasteiger partial charge in [-0.25, -0.2) is 4.39 Å². The summed E-state index contributed by atoms with van der Waals surface area (Å²) in [5.41, 5.74) is 1.49. The van der Waals surface area contributed by atoms with Gasteiger partial charge in [-0.2, -0.15) is 5.10 Å². The van der Waals surface area contributed by atoms with Gasteiger partial charge >= 0.3 is 0 Å². The standard InChI is InChI=1S/C9H9FN2.C2H6/c1-6-3-7-5-11-12(2)9(7)4-8(6)10;1-2/h3-5H,1-2H3;1-2H3. The molecule has 2 rings (SSSR count). The van der Waals surface area contributed by atoms with Gasteiger partial charge in [0.05, 0.1) is 11.7 Å². The highest BCUT2D eigenvalue weighted by molar-refractivity contribution is 5.79. The van der Waals surface area contributed by atoms with E-state index < -0.39 is 0 Å². The number of hydrogen-bond donors (Lipinski definition) is 0. The number of nitrogens with zero attached hydrogens (tertiary/aromatic N) is 2. The zero-order valence-corrected chi connectivity index (χ0v) is 9.00. The summed E-state index contributed by atoms with van der Waals surface area (Å²) in [6.45, 7) is 5.75. The molecule has 1 heterocycles. The van der Waals surface area contributed by atoms with Gasteiger partial charge in [0.2, 0.25) is 0 Å². The van der Waals surface area contributed by atoms with Crippen molar-refractivity contribution in [2.75, 3.05) is 0 Å². The van der Waals surface area contributed by atoms with E-state index >= 15 is 0 Å². The molecule has 0 aliphatic rings. The minimum Gasteiger partial charge on any atom is -0.268 e. The zero-order chi connectivity index (χ0) is 10.7. The van der Waals surface area contributed by atoms with Crippen molar-refractivity contribution in [1.82, 2.24) is 9.78 Å². The summed E-state index contributed by atoms with van der Waals surface area (Å²) in [4.78, 5) is 0. The first-order valence-electron chi connectivity index (χ1n) is 4.76. The van der Waals surface area contributed by atoms with Crippen LogP contribution >= 0.6 is 0 Å². The van der Waals surface area contributed by atoms with Crippen molar-refractivity contribution in [1.29, 1.82) is 0 Å². The minimum absolute atomic E-state index is 0.175. The van der Waals surface area contributed by atoms with Crippen LogP contribution in [0.15, 0.2) is 18.3 Å². The van der Waals surface area contributed by atoms with Crippen molar-refractivity contribution >= 4 is 10.9 Å². The fraction of sp³-hybridized carbons (Fsp3) is 0.364. The molecule has 0 aliphatic carbocycles. The Kier molecular flexibility index (Phi) is 3.23. The molecule has 2 nitrogen and oxygen atoms in total. The van der Waals surface area contributed by atoms with Crippen LogP contribution in [0.25, 0.3) is 10.9 Å². The molecule has 14 heavy (non-hydrogen) atoms. The van der Waals surface area contributed by atoms with Gasteiger partial charge in [-0.05, 0) is 18.6 Å². The zero-order valence-electron chi connectivity index (χ0n) is 9.00. The first kappa shape index (κ1) is 10.7. The Hall–Kier alpha value is -1.38. The largest absolute Gasteiger partial charge is 0.268 e. The molecule has 1 aromatic heterocycles. The Morgan fingerprint density at radius 1 is 1.29 bits per heavy atom. The van der Waals surface area contributed by atoms with Gasteiger partial charge in [-0.15, -0.1) is 0 Å². The van der Waals surface area contributed by atoms with Gasteiger partial charge in [0.1, 0.15) is 5.82 Å². The van der Waals surface area contributed by atoms with Crippen LogP contribution in [0.3, 0.4) is 0 Å². The summed E-state index contributed by atoms with van der Waals surface area (Å²) < 4.78 is 14.7. The quantitative estimate of drug-likeness (QED) is 0.630. The molecule has 1 aromatic carbocycles. The molecular formula is C11H15FN2. The third-order valence-electron chi connectivity index (χ3n) is 2.03. The molecule has 0 spiro atoms. The van der Waals surface area contributed by atoms with Crippen molar-refractivity contribution in [3.8, 4) is 0 Å². The number of hydrogen-bond acceptors (Lipinski definition) is 1. The first-order chi connectivity index (χ1) is 6.68. The molecule has 0 saturated heterocycles. The fourth-order valence-electron chi connectivity index (χ4n) is 1.29. The smallest absolute Gasteiger partial charge is 0.128 e. The number of benzene rings is 1. The molecule has 0 fully saturated rings. The van der Waals surface area contributed by atoms with Crippen molar-refractivity contribution in [3.63, 3.8) is 0 Å². The van der Waals surface area contributed by atoms with Gasteiger partial charge in [0.15, 0.2) is 0 Å². The Morgan fingerprint density at radius 3 is 2.57 bits per heavy atom. The Balaban J connectivity index is 0.000000461. The molecular weight excluding hydrogens is 179 g/mol. The van der Waals surface area contributed by atoms with Crippen LogP contribution in [-0.4, -0.2) is 9.78 Å². The highest BCUT2D eigenvalue weighted by atomic mass is 19.1. The molecule has 0 unspecified atom stereocenters. The average Bonchev–Trinajstić information content (AvgIpc) is 2.53. The van der Waals surface area contributed by atoms with Crippen LogP contribution in [0.4, 0.5) is 4.39 Å². The maximum absolute atomic E-state index is 13.1. The van der Waals surface area contributed by atoms with Crippen molar-refractivity contribution in [2.24, 2.45) is 7.05 Å². The number of rotatable bonds is 0. The normalized spacial score (nSPS) is 9.79. The lowest BCUT2D eigenvalue weighted by Gasteiger charge is -1.97. The molecule has 0 bridgehead atoms. The molecule has 0 radical (unpaired) electrons. The predicted molar refractivity (Wildman–Crippen MR) is 56.8 cm³/mol. The third-order valence-corrected chi connectivity index (χ3v) is 2.03.